The molecule has 8 nitrogen and oxygen atoms in total. The zero-order valence-corrected chi connectivity index (χ0v) is 19.1. The number of carbonyl (C=O) groups excluding carboxylic acids is 2. The summed E-state index contributed by atoms with van der Waals surface area (Å²) < 4.78 is 5.20. The molecule has 1 fully saturated rings. The topological polar surface area (TPSA) is 103 Å². The lowest BCUT2D eigenvalue weighted by molar-refractivity contribution is -0.120. The molecule has 1 heterocycles. The molecule has 8 heteroatoms. The second-order valence-electron chi connectivity index (χ2n) is 8.17. The zero-order chi connectivity index (χ0) is 23.6. The normalized spacial score (nSPS) is 14.8. The van der Waals surface area contributed by atoms with Crippen LogP contribution in [0.15, 0.2) is 48.5 Å². The van der Waals surface area contributed by atoms with E-state index in [1.807, 2.05) is 36.4 Å². The number of nitrogens with zero attached hydrogens (tertiary/aromatic N) is 4. The molecule has 2 amide bonds. The Labute approximate surface area is 195 Å². The first-order chi connectivity index (χ1) is 16.0. The first-order valence-electron chi connectivity index (χ1n) is 11.1. The molecule has 1 aliphatic heterocycles. The van der Waals surface area contributed by atoms with Crippen LogP contribution in [-0.2, 0) is 16.1 Å². The number of amides is 2. The average molecular weight is 450 g/mol. The van der Waals surface area contributed by atoms with E-state index in [-0.39, 0.29) is 25.4 Å². The molecule has 174 valence electrons. The number of nitriles is 1. The number of ether oxygens (including phenoxy) is 1. The van der Waals surface area contributed by atoms with Gasteiger partial charge in [0.2, 0.25) is 11.8 Å². The van der Waals surface area contributed by atoms with E-state index in [2.05, 4.69) is 15.9 Å². The molecule has 0 saturated carbocycles. The van der Waals surface area contributed by atoms with Gasteiger partial charge in [-0.15, -0.1) is 0 Å². The molecule has 0 aliphatic carbocycles. The molecule has 0 atom stereocenters. The van der Waals surface area contributed by atoms with Crippen molar-refractivity contribution in [1.29, 1.82) is 5.26 Å². The fourth-order valence-corrected chi connectivity index (χ4v) is 3.94. The Morgan fingerprint density at radius 2 is 1.70 bits per heavy atom. The summed E-state index contributed by atoms with van der Waals surface area (Å²) in [7, 11) is 1.59. The van der Waals surface area contributed by atoms with Crippen molar-refractivity contribution in [2.24, 2.45) is 5.73 Å². The molecule has 2 aromatic rings. The van der Waals surface area contributed by atoms with Crippen LogP contribution in [0.1, 0.15) is 24.0 Å². The molecular weight excluding hydrogens is 418 g/mol. The predicted molar refractivity (Wildman–Crippen MR) is 127 cm³/mol. The molecule has 1 saturated heterocycles. The van der Waals surface area contributed by atoms with Crippen LogP contribution < -0.4 is 15.4 Å². The average Bonchev–Trinajstić information content (AvgIpc) is 3.05. The second kappa shape index (κ2) is 12.0. The van der Waals surface area contributed by atoms with Gasteiger partial charge in [-0.2, -0.15) is 5.26 Å². The Bertz CT molecular complexity index is 969. The largest absolute Gasteiger partial charge is 0.497 e. The van der Waals surface area contributed by atoms with Gasteiger partial charge in [-0.05, 0) is 61.5 Å². The molecule has 0 unspecified atom stereocenters. The van der Waals surface area contributed by atoms with Gasteiger partial charge >= 0.3 is 0 Å². The summed E-state index contributed by atoms with van der Waals surface area (Å²) in [6, 6.07) is 17.1. The highest BCUT2D eigenvalue weighted by atomic mass is 16.5. The Balaban J connectivity index is 1.59. The number of nitrogens with two attached hydrogens (primary N) is 1. The van der Waals surface area contributed by atoms with Crippen molar-refractivity contribution in [3.8, 4) is 11.8 Å². The molecule has 1 aliphatic rings. The smallest absolute Gasteiger partial charge is 0.241 e. The lowest BCUT2D eigenvalue weighted by atomic mass is 10.1. The van der Waals surface area contributed by atoms with E-state index < -0.39 is 5.91 Å². The maximum Gasteiger partial charge on any atom is 0.241 e. The number of rotatable bonds is 9. The van der Waals surface area contributed by atoms with E-state index in [9.17, 15) is 9.59 Å². The number of methoxy groups -OCH3 is 1. The molecule has 0 radical (unpaired) electrons. The van der Waals surface area contributed by atoms with Gasteiger partial charge in [0.15, 0.2) is 0 Å². The van der Waals surface area contributed by atoms with E-state index in [4.69, 9.17) is 15.7 Å². The van der Waals surface area contributed by atoms with Crippen LogP contribution >= 0.6 is 0 Å². The molecular formula is C25H31N5O3. The van der Waals surface area contributed by atoms with E-state index >= 15 is 0 Å². The molecule has 33 heavy (non-hydrogen) atoms. The molecule has 2 N–H and O–H groups in total. The molecule has 0 aromatic heterocycles. The summed E-state index contributed by atoms with van der Waals surface area (Å²) in [4.78, 5) is 30.7. The number of carbonyl (C=O) groups is 2. The first-order valence-corrected chi connectivity index (χ1v) is 11.1. The number of primary amides is 1. The fraction of sp³-hybridized carbons (Fsp3) is 0.400. The lowest BCUT2D eigenvalue weighted by Gasteiger charge is -2.27. The lowest BCUT2D eigenvalue weighted by Crippen LogP contribution is -2.43. The fourth-order valence-electron chi connectivity index (χ4n) is 3.94. The van der Waals surface area contributed by atoms with Crippen molar-refractivity contribution in [3.05, 3.63) is 59.7 Å². The van der Waals surface area contributed by atoms with Crippen molar-refractivity contribution in [1.82, 2.24) is 9.80 Å². The summed E-state index contributed by atoms with van der Waals surface area (Å²) in [5.41, 5.74) is 7.90. The minimum absolute atomic E-state index is 0.0537. The van der Waals surface area contributed by atoms with Crippen LogP contribution in [0.4, 0.5) is 5.69 Å². The Kier molecular flexibility index (Phi) is 8.81. The van der Waals surface area contributed by atoms with Gasteiger partial charge in [-0.3, -0.25) is 19.4 Å². The highest BCUT2D eigenvalue weighted by molar-refractivity contribution is 5.95. The number of hydrogen-bond acceptors (Lipinski definition) is 6. The summed E-state index contributed by atoms with van der Waals surface area (Å²) >= 11 is 0. The van der Waals surface area contributed by atoms with Crippen LogP contribution in [0.3, 0.4) is 0 Å². The van der Waals surface area contributed by atoms with E-state index in [1.165, 1.54) is 5.56 Å². The van der Waals surface area contributed by atoms with Crippen LogP contribution in [0.25, 0.3) is 0 Å². The molecule has 3 rings (SSSR count). The van der Waals surface area contributed by atoms with Crippen molar-refractivity contribution in [2.75, 3.05) is 51.3 Å². The highest BCUT2D eigenvalue weighted by Crippen LogP contribution is 2.20. The quantitative estimate of drug-likeness (QED) is 0.628. The third kappa shape index (κ3) is 7.31. The molecule has 0 bridgehead atoms. The maximum atomic E-state index is 13.2. The second-order valence-corrected chi connectivity index (χ2v) is 8.17. The zero-order valence-electron chi connectivity index (χ0n) is 19.1. The number of benzene rings is 2. The van der Waals surface area contributed by atoms with Crippen LogP contribution in [0.5, 0.6) is 5.75 Å². The minimum atomic E-state index is -0.436. The summed E-state index contributed by atoms with van der Waals surface area (Å²) in [6.45, 7) is 4.79. The Hall–Kier alpha value is -3.41. The standard InChI is InChI=1S/C25H31N5O3/c1-33-23-9-7-22(8-10-23)30(14-11-24(27)31)25(32)19-29-13-2-12-28(15-16-29)18-21-5-3-20(17-26)4-6-21/h3-10H,2,11-16,18-19H2,1H3,(H2,27,31). The van der Waals surface area contributed by atoms with Gasteiger partial charge in [0.05, 0.1) is 25.3 Å². The van der Waals surface area contributed by atoms with Gasteiger partial charge in [0.25, 0.3) is 0 Å². The third-order valence-electron chi connectivity index (χ3n) is 5.80. The highest BCUT2D eigenvalue weighted by Gasteiger charge is 2.22. The minimum Gasteiger partial charge on any atom is -0.497 e. The van der Waals surface area contributed by atoms with Gasteiger partial charge in [0, 0.05) is 38.3 Å². The SMILES string of the molecule is COc1ccc(N(CCC(N)=O)C(=O)CN2CCCN(Cc3ccc(C#N)cc3)CC2)cc1. The van der Waals surface area contributed by atoms with Crippen molar-refractivity contribution in [2.45, 2.75) is 19.4 Å². The van der Waals surface area contributed by atoms with Crippen molar-refractivity contribution in [3.63, 3.8) is 0 Å². The summed E-state index contributed by atoms with van der Waals surface area (Å²) in [6.07, 6.45) is 1.07. The Morgan fingerprint density at radius 3 is 2.33 bits per heavy atom. The molecule has 2 aromatic carbocycles. The Morgan fingerprint density at radius 1 is 1.03 bits per heavy atom. The van der Waals surface area contributed by atoms with E-state index in [0.29, 0.717) is 11.3 Å². The van der Waals surface area contributed by atoms with Crippen molar-refractivity contribution < 1.29 is 14.3 Å². The number of hydrogen-bond donors (Lipinski definition) is 1. The van der Waals surface area contributed by atoms with Crippen molar-refractivity contribution >= 4 is 17.5 Å². The summed E-state index contributed by atoms with van der Waals surface area (Å²) in [5.74, 6) is 0.215. The van der Waals surface area contributed by atoms with E-state index in [0.717, 1.165) is 44.8 Å². The van der Waals surface area contributed by atoms with Gasteiger partial charge in [0.1, 0.15) is 5.75 Å². The van der Waals surface area contributed by atoms with Gasteiger partial charge < -0.3 is 15.4 Å². The monoisotopic (exact) mass is 449 g/mol. The third-order valence-corrected chi connectivity index (χ3v) is 5.80. The summed E-state index contributed by atoms with van der Waals surface area (Å²) in [5, 5.41) is 8.96. The van der Waals surface area contributed by atoms with Crippen LogP contribution in [-0.4, -0.2) is 68.0 Å². The van der Waals surface area contributed by atoms with Crippen LogP contribution in [0.2, 0.25) is 0 Å². The first kappa shape index (κ1) is 24.2. The van der Waals surface area contributed by atoms with E-state index in [1.54, 1.807) is 24.1 Å². The molecule has 0 spiro atoms. The maximum absolute atomic E-state index is 13.2. The predicted octanol–water partition coefficient (Wildman–Crippen LogP) is 1.98. The van der Waals surface area contributed by atoms with Gasteiger partial charge in [-0.25, -0.2) is 0 Å². The van der Waals surface area contributed by atoms with Gasteiger partial charge in [-0.1, -0.05) is 12.1 Å². The number of anilines is 1. The van der Waals surface area contributed by atoms with Crippen LogP contribution in [0, 0.1) is 11.3 Å².